The van der Waals surface area contributed by atoms with Gasteiger partial charge in [0.1, 0.15) is 0 Å². The first-order valence-electron chi connectivity index (χ1n) is 6.67. The normalized spacial score (nSPS) is 18.7. The summed E-state index contributed by atoms with van der Waals surface area (Å²) in [5.41, 5.74) is 1.99. The number of nitrogens with one attached hydrogen (secondary N) is 1. The topological polar surface area (TPSA) is 73.4 Å². The van der Waals surface area contributed by atoms with Gasteiger partial charge >= 0.3 is 0 Å². The molecule has 0 bridgehead atoms. The van der Waals surface area contributed by atoms with Crippen LogP contribution in [0.4, 0.5) is 0 Å². The van der Waals surface area contributed by atoms with Gasteiger partial charge in [-0.05, 0) is 19.4 Å². The monoisotopic (exact) mass is 272 g/mol. The van der Waals surface area contributed by atoms with Crippen molar-refractivity contribution in [2.45, 2.75) is 19.4 Å². The van der Waals surface area contributed by atoms with Gasteiger partial charge in [0, 0.05) is 29.7 Å². The zero-order chi connectivity index (χ0) is 14.3. The Kier molecular flexibility index (Phi) is 3.06. The Morgan fingerprint density at radius 1 is 1.35 bits per heavy atom. The molecular formula is C15H16N2O3. The number of aromatic amines is 1. The van der Waals surface area contributed by atoms with Crippen LogP contribution in [0.5, 0.6) is 0 Å². The van der Waals surface area contributed by atoms with Crippen LogP contribution < -0.4 is 0 Å². The van der Waals surface area contributed by atoms with Gasteiger partial charge in [0.25, 0.3) is 11.7 Å². The van der Waals surface area contributed by atoms with E-state index >= 15 is 0 Å². The van der Waals surface area contributed by atoms with E-state index in [-0.39, 0.29) is 6.54 Å². The highest BCUT2D eigenvalue weighted by molar-refractivity contribution is 6.45. The van der Waals surface area contributed by atoms with Crippen LogP contribution in [0.15, 0.2) is 24.3 Å². The number of H-pyrrole nitrogens is 1. The van der Waals surface area contributed by atoms with Gasteiger partial charge in [-0.15, -0.1) is 0 Å². The number of Topliss-reactive ketones (excluding diaryl/α,β-unsaturated/α-hetero) is 1. The summed E-state index contributed by atoms with van der Waals surface area (Å²) in [4.78, 5) is 29.2. The molecule has 104 valence electrons. The van der Waals surface area contributed by atoms with E-state index in [2.05, 4.69) is 4.98 Å². The van der Waals surface area contributed by atoms with Gasteiger partial charge in [-0.1, -0.05) is 18.2 Å². The van der Waals surface area contributed by atoms with Crippen LogP contribution >= 0.6 is 0 Å². The van der Waals surface area contributed by atoms with Gasteiger partial charge in [-0.3, -0.25) is 9.59 Å². The average Bonchev–Trinajstić information content (AvgIpc) is 2.99. The Balaban J connectivity index is 1.96. The first kappa shape index (κ1) is 12.9. The van der Waals surface area contributed by atoms with E-state index in [9.17, 15) is 14.7 Å². The molecule has 1 saturated heterocycles. The largest absolute Gasteiger partial charge is 0.391 e. The number of carbonyl (C=O) groups is 2. The number of rotatable bonds is 2. The molecule has 5 nitrogen and oxygen atoms in total. The lowest BCUT2D eigenvalue weighted by Gasteiger charge is -2.14. The fourth-order valence-corrected chi connectivity index (χ4v) is 2.75. The Bertz CT molecular complexity index is 689. The Hall–Kier alpha value is -2.14. The first-order valence-corrected chi connectivity index (χ1v) is 6.67. The number of aliphatic hydroxyl groups excluding tert-OH is 1. The van der Waals surface area contributed by atoms with Crippen LogP contribution in [0.2, 0.25) is 0 Å². The van der Waals surface area contributed by atoms with Gasteiger partial charge < -0.3 is 15.0 Å². The molecule has 2 heterocycles. The van der Waals surface area contributed by atoms with E-state index in [1.807, 2.05) is 24.3 Å². The minimum absolute atomic E-state index is 0.242. The lowest BCUT2D eigenvalue weighted by atomic mass is 10.1. The number of aliphatic hydroxyl groups is 1. The summed E-state index contributed by atoms with van der Waals surface area (Å²) in [5, 5.41) is 10.2. The van der Waals surface area contributed by atoms with Gasteiger partial charge in [-0.2, -0.15) is 0 Å². The predicted octanol–water partition coefficient (Wildman–Crippen LogP) is 1.25. The number of β-amino-alcohol motifs (C(OH)–C–C–N with tert-alkyl or cyclic N) is 1. The van der Waals surface area contributed by atoms with Gasteiger partial charge in [0.15, 0.2) is 0 Å². The number of hydrogen-bond acceptors (Lipinski definition) is 3. The van der Waals surface area contributed by atoms with Crippen LogP contribution in [0.1, 0.15) is 22.5 Å². The van der Waals surface area contributed by atoms with Crippen molar-refractivity contribution in [1.82, 2.24) is 9.88 Å². The molecule has 0 saturated carbocycles. The second-order valence-corrected chi connectivity index (χ2v) is 5.19. The quantitative estimate of drug-likeness (QED) is 0.638. The molecular weight excluding hydrogens is 256 g/mol. The number of fused-ring (bicyclic) bond motifs is 1. The summed E-state index contributed by atoms with van der Waals surface area (Å²) in [7, 11) is 0. The Morgan fingerprint density at radius 2 is 2.10 bits per heavy atom. The molecule has 1 unspecified atom stereocenters. The first-order chi connectivity index (χ1) is 9.58. The number of hydrogen-bond donors (Lipinski definition) is 2. The fraction of sp³-hybridized carbons (Fsp3) is 0.333. The molecule has 1 fully saturated rings. The SMILES string of the molecule is Cc1[nH]c2ccccc2c1C(=O)C(=O)N1CCC(O)C1. The number of aromatic nitrogens is 1. The maximum absolute atomic E-state index is 12.4. The second kappa shape index (κ2) is 4.76. The van der Waals surface area contributed by atoms with Crippen LogP contribution in [0.3, 0.4) is 0 Å². The van der Waals surface area contributed by atoms with Crippen molar-refractivity contribution in [3.8, 4) is 0 Å². The summed E-state index contributed by atoms with van der Waals surface area (Å²) in [5.74, 6) is -1.04. The fourth-order valence-electron chi connectivity index (χ4n) is 2.75. The van der Waals surface area contributed by atoms with Crippen LogP contribution in [0.25, 0.3) is 10.9 Å². The number of benzene rings is 1. The van der Waals surface area contributed by atoms with E-state index in [1.54, 1.807) is 6.92 Å². The van der Waals surface area contributed by atoms with Crippen molar-refractivity contribution in [1.29, 1.82) is 0 Å². The van der Waals surface area contributed by atoms with Crippen molar-refractivity contribution >= 4 is 22.6 Å². The van der Waals surface area contributed by atoms with Crippen molar-refractivity contribution < 1.29 is 14.7 Å². The Labute approximate surface area is 116 Å². The highest BCUT2D eigenvalue weighted by atomic mass is 16.3. The van der Waals surface area contributed by atoms with E-state index in [0.29, 0.717) is 24.2 Å². The van der Waals surface area contributed by atoms with E-state index in [0.717, 1.165) is 10.9 Å². The van der Waals surface area contributed by atoms with Gasteiger partial charge in [0.05, 0.1) is 11.7 Å². The van der Waals surface area contributed by atoms with Crippen molar-refractivity contribution in [3.63, 3.8) is 0 Å². The number of nitrogens with zero attached hydrogens (tertiary/aromatic N) is 1. The summed E-state index contributed by atoms with van der Waals surface area (Å²) >= 11 is 0. The minimum atomic E-state index is -0.533. The molecule has 1 amide bonds. The third kappa shape index (κ3) is 2.00. The van der Waals surface area contributed by atoms with Gasteiger partial charge in [-0.25, -0.2) is 0 Å². The molecule has 2 aromatic rings. The summed E-state index contributed by atoms with van der Waals surface area (Å²) in [6.07, 6.45) is 0.0159. The molecule has 20 heavy (non-hydrogen) atoms. The lowest BCUT2D eigenvalue weighted by molar-refractivity contribution is -0.125. The van der Waals surface area contributed by atoms with Gasteiger partial charge in [0.2, 0.25) is 0 Å². The molecule has 0 radical (unpaired) electrons. The number of likely N-dealkylation sites (tertiary alicyclic amines) is 1. The molecule has 1 atom stereocenters. The van der Waals surface area contributed by atoms with Crippen molar-refractivity contribution in [2.75, 3.05) is 13.1 Å². The molecule has 1 aromatic heterocycles. The third-order valence-electron chi connectivity index (χ3n) is 3.77. The highest BCUT2D eigenvalue weighted by Gasteiger charge is 2.31. The molecule has 1 aliphatic rings. The zero-order valence-electron chi connectivity index (χ0n) is 11.2. The third-order valence-corrected chi connectivity index (χ3v) is 3.77. The number of carbonyl (C=O) groups excluding carboxylic acids is 2. The molecule has 5 heteroatoms. The summed E-state index contributed by atoms with van der Waals surface area (Å²) in [6, 6.07) is 7.43. The smallest absolute Gasteiger partial charge is 0.295 e. The standard InChI is InChI=1S/C15H16N2O3/c1-9-13(11-4-2-3-5-12(11)16-9)14(19)15(20)17-7-6-10(18)8-17/h2-5,10,16,18H,6-8H2,1H3. The molecule has 3 rings (SSSR count). The maximum Gasteiger partial charge on any atom is 0.295 e. The van der Waals surface area contributed by atoms with Crippen molar-refractivity contribution in [2.24, 2.45) is 0 Å². The summed E-state index contributed by atoms with van der Waals surface area (Å²) < 4.78 is 0. The van der Waals surface area contributed by atoms with E-state index < -0.39 is 17.8 Å². The highest BCUT2D eigenvalue weighted by Crippen LogP contribution is 2.23. The zero-order valence-corrected chi connectivity index (χ0v) is 11.2. The average molecular weight is 272 g/mol. The molecule has 1 aromatic carbocycles. The number of ketones is 1. The maximum atomic E-state index is 12.4. The van der Waals surface area contributed by atoms with E-state index in [1.165, 1.54) is 4.90 Å². The van der Waals surface area contributed by atoms with Crippen LogP contribution in [0, 0.1) is 6.92 Å². The lowest BCUT2D eigenvalue weighted by Crippen LogP contribution is -2.35. The minimum Gasteiger partial charge on any atom is -0.391 e. The van der Waals surface area contributed by atoms with Crippen LogP contribution in [-0.4, -0.2) is 45.9 Å². The molecule has 0 spiro atoms. The number of para-hydroxylation sites is 1. The van der Waals surface area contributed by atoms with Crippen LogP contribution in [-0.2, 0) is 4.79 Å². The van der Waals surface area contributed by atoms with Crippen molar-refractivity contribution in [3.05, 3.63) is 35.5 Å². The predicted molar refractivity (Wildman–Crippen MR) is 74.6 cm³/mol. The Morgan fingerprint density at radius 3 is 2.80 bits per heavy atom. The number of amides is 1. The molecule has 1 aliphatic heterocycles. The molecule has 2 N–H and O–H groups in total. The summed E-state index contributed by atoms with van der Waals surface area (Å²) in [6.45, 7) is 2.47. The second-order valence-electron chi connectivity index (χ2n) is 5.19. The molecule has 0 aliphatic carbocycles. The number of aryl methyl sites for hydroxylation is 1. The van der Waals surface area contributed by atoms with E-state index in [4.69, 9.17) is 0 Å².